The third-order valence-corrected chi connectivity index (χ3v) is 4.72. The minimum Gasteiger partial charge on any atom is -0.267 e. The summed E-state index contributed by atoms with van der Waals surface area (Å²) in [5.74, 6) is -0.903. The number of fused-ring (bicyclic) bond motifs is 1. The van der Waals surface area contributed by atoms with Crippen molar-refractivity contribution in [2.75, 3.05) is 0 Å². The number of amides is 1. The number of nitrogens with zero attached hydrogens (tertiary/aromatic N) is 2. The summed E-state index contributed by atoms with van der Waals surface area (Å²) in [6, 6.07) is 18.8. The van der Waals surface area contributed by atoms with Crippen molar-refractivity contribution in [3.8, 4) is 11.3 Å². The number of aromatic nitrogens is 1. The molecule has 0 spiro atoms. The van der Waals surface area contributed by atoms with E-state index in [-0.39, 0.29) is 5.82 Å². The number of rotatable bonds is 4. The van der Waals surface area contributed by atoms with Crippen LogP contribution in [-0.2, 0) is 6.18 Å². The first-order chi connectivity index (χ1) is 15.3. The zero-order valence-corrected chi connectivity index (χ0v) is 16.4. The van der Waals surface area contributed by atoms with Crippen LogP contribution in [0.5, 0.6) is 0 Å². The van der Waals surface area contributed by atoms with Crippen molar-refractivity contribution in [3.63, 3.8) is 0 Å². The topological polar surface area (TPSA) is 54.4 Å². The molecule has 0 aliphatic heterocycles. The van der Waals surface area contributed by atoms with Crippen molar-refractivity contribution in [1.82, 2.24) is 10.4 Å². The zero-order valence-electron chi connectivity index (χ0n) is 16.4. The Morgan fingerprint density at radius 1 is 0.938 bits per heavy atom. The summed E-state index contributed by atoms with van der Waals surface area (Å²) < 4.78 is 51.2. The highest BCUT2D eigenvalue weighted by molar-refractivity contribution is 6.07. The van der Waals surface area contributed by atoms with Gasteiger partial charge in [-0.3, -0.25) is 4.79 Å². The van der Waals surface area contributed by atoms with Crippen molar-refractivity contribution in [2.45, 2.75) is 6.18 Å². The van der Waals surface area contributed by atoms with Crippen molar-refractivity contribution in [1.29, 1.82) is 0 Å². The first-order valence-corrected chi connectivity index (χ1v) is 9.48. The summed E-state index contributed by atoms with van der Waals surface area (Å²) in [6.07, 6.45) is -3.17. The van der Waals surface area contributed by atoms with E-state index in [1.807, 2.05) is 0 Å². The first kappa shape index (κ1) is 21.2. The van der Waals surface area contributed by atoms with Gasteiger partial charge in [0.15, 0.2) is 0 Å². The predicted octanol–water partition coefficient (Wildman–Crippen LogP) is 5.82. The minimum absolute atomic E-state index is 0.305. The number of hydrazone groups is 1. The molecule has 0 unspecified atom stereocenters. The summed E-state index contributed by atoms with van der Waals surface area (Å²) in [5.41, 5.74) is 4.02. The van der Waals surface area contributed by atoms with Gasteiger partial charge in [0.2, 0.25) is 0 Å². The lowest BCUT2D eigenvalue weighted by atomic mass is 10.0. The number of hydrogen-bond acceptors (Lipinski definition) is 3. The molecule has 3 aromatic carbocycles. The molecule has 32 heavy (non-hydrogen) atoms. The fourth-order valence-electron chi connectivity index (χ4n) is 3.12. The number of carbonyl (C=O) groups excluding carboxylic acids is 1. The van der Waals surface area contributed by atoms with Gasteiger partial charge in [-0.15, -0.1) is 0 Å². The van der Waals surface area contributed by atoms with Crippen LogP contribution in [0.25, 0.3) is 22.2 Å². The molecule has 1 amide bonds. The summed E-state index contributed by atoms with van der Waals surface area (Å²) in [4.78, 5) is 17.4. The van der Waals surface area contributed by atoms with Gasteiger partial charge in [-0.05, 0) is 54.1 Å². The monoisotopic (exact) mass is 437 g/mol. The third-order valence-electron chi connectivity index (χ3n) is 4.72. The quantitative estimate of drug-likeness (QED) is 0.248. The number of pyridine rings is 1. The highest BCUT2D eigenvalue weighted by Gasteiger charge is 2.29. The Bertz CT molecular complexity index is 1300. The van der Waals surface area contributed by atoms with Crippen molar-refractivity contribution in [2.24, 2.45) is 5.10 Å². The van der Waals surface area contributed by atoms with E-state index in [1.165, 1.54) is 30.5 Å². The van der Waals surface area contributed by atoms with Gasteiger partial charge >= 0.3 is 6.18 Å². The maximum absolute atomic E-state index is 13.3. The number of benzene rings is 3. The van der Waals surface area contributed by atoms with Gasteiger partial charge in [-0.25, -0.2) is 14.8 Å². The van der Waals surface area contributed by atoms with Crippen LogP contribution in [0.4, 0.5) is 17.6 Å². The van der Waals surface area contributed by atoms with Gasteiger partial charge in [0, 0.05) is 10.9 Å². The Hall–Kier alpha value is -4.07. The van der Waals surface area contributed by atoms with E-state index in [4.69, 9.17) is 0 Å². The maximum Gasteiger partial charge on any atom is 0.416 e. The lowest BCUT2D eigenvalue weighted by molar-refractivity contribution is -0.137. The molecule has 1 aromatic heterocycles. The molecule has 0 radical (unpaired) electrons. The summed E-state index contributed by atoms with van der Waals surface area (Å²) in [5, 5.41) is 4.45. The second-order valence-electron chi connectivity index (χ2n) is 6.90. The molecule has 1 N–H and O–H groups in total. The standard InChI is InChI=1S/C24H15F4N3O/c25-18-11-7-16(8-12-18)22-13-20(19-3-1-2-4-21(19)30-22)23(32)31-29-14-15-5-9-17(10-6-15)24(26,27)28/h1-14H,(H,31,32)/b29-14+. The average Bonchev–Trinajstić information content (AvgIpc) is 2.78. The SMILES string of the molecule is O=C(N/N=C/c1ccc(C(F)(F)F)cc1)c1cc(-c2ccc(F)cc2)nc2ccccc12. The van der Waals surface area contributed by atoms with Crippen LogP contribution in [-0.4, -0.2) is 17.1 Å². The minimum atomic E-state index is -4.42. The van der Waals surface area contributed by atoms with Crippen LogP contribution in [0.2, 0.25) is 0 Å². The molecular formula is C24H15F4N3O. The van der Waals surface area contributed by atoms with Gasteiger partial charge in [0.25, 0.3) is 5.91 Å². The normalized spacial score (nSPS) is 11.8. The second kappa shape index (κ2) is 8.58. The molecular weight excluding hydrogens is 422 g/mol. The van der Waals surface area contributed by atoms with Crippen LogP contribution in [0, 0.1) is 5.82 Å². The molecule has 4 nitrogen and oxygen atoms in total. The van der Waals surface area contributed by atoms with E-state index < -0.39 is 17.6 Å². The fourth-order valence-corrected chi connectivity index (χ4v) is 3.12. The second-order valence-corrected chi connectivity index (χ2v) is 6.90. The number of halogens is 4. The number of carbonyl (C=O) groups is 1. The highest BCUT2D eigenvalue weighted by Crippen LogP contribution is 2.29. The van der Waals surface area contributed by atoms with Gasteiger partial charge in [0.05, 0.1) is 28.6 Å². The number of para-hydroxylation sites is 1. The molecule has 4 aromatic rings. The Morgan fingerprint density at radius 3 is 2.31 bits per heavy atom. The lowest BCUT2D eigenvalue weighted by Crippen LogP contribution is -2.18. The average molecular weight is 437 g/mol. The van der Waals surface area contributed by atoms with Crippen molar-refractivity contribution < 1.29 is 22.4 Å². The van der Waals surface area contributed by atoms with Crippen LogP contribution in [0.1, 0.15) is 21.5 Å². The van der Waals surface area contributed by atoms with Crippen molar-refractivity contribution in [3.05, 3.63) is 101 Å². The fraction of sp³-hybridized carbons (Fsp3) is 0.0417. The largest absolute Gasteiger partial charge is 0.416 e. The zero-order chi connectivity index (χ0) is 22.7. The molecule has 0 saturated heterocycles. The van der Waals surface area contributed by atoms with Crippen LogP contribution in [0.3, 0.4) is 0 Å². The Labute approximate surface area is 180 Å². The van der Waals surface area contributed by atoms with Crippen LogP contribution >= 0.6 is 0 Å². The molecule has 8 heteroatoms. The molecule has 0 atom stereocenters. The molecule has 4 rings (SSSR count). The van der Waals surface area contributed by atoms with E-state index in [1.54, 1.807) is 42.5 Å². The van der Waals surface area contributed by atoms with Crippen LogP contribution < -0.4 is 5.43 Å². The van der Waals surface area contributed by atoms with E-state index in [9.17, 15) is 22.4 Å². The molecule has 0 bridgehead atoms. The van der Waals surface area contributed by atoms with Gasteiger partial charge in [-0.1, -0.05) is 30.3 Å². The molecule has 0 aliphatic carbocycles. The Kier molecular flexibility index (Phi) is 5.68. The van der Waals surface area contributed by atoms with Gasteiger partial charge < -0.3 is 0 Å². The lowest BCUT2D eigenvalue weighted by Gasteiger charge is -2.09. The maximum atomic E-state index is 13.3. The Morgan fingerprint density at radius 2 is 1.62 bits per heavy atom. The third kappa shape index (κ3) is 4.64. The summed E-state index contributed by atoms with van der Waals surface area (Å²) in [6.45, 7) is 0. The molecule has 0 saturated carbocycles. The van der Waals surface area contributed by atoms with Gasteiger partial charge in [0.1, 0.15) is 5.82 Å². The van der Waals surface area contributed by atoms with E-state index in [0.29, 0.717) is 33.3 Å². The number of hydrogen-bond donors (Lipinski definition) is 1. The molecule has 0 fully saturated rings. The van der Waals surface area contributed by atoms with E-state index in [0.717, 1.165) is 12.1 Å². The van der Waals surface area contributed by atoms with E-state index >= 15 is 0 Å². The van der Waals surface area contributed by atoms with Gasteiger partial charge in [-0.2, -0.15) is 18.3 Å². The van der Waals surface area contributed by atoms with Crippen molar-refractivity contribution >= 4 is 23.0 Å². The van der Waals surface area contributed by atoms with E-state index in [2.05, 4.69) is 15.5 Å². The Balaban J connectivity index is 1.60. The molecule has 160 valence electrons. The summed E-state index contributed by atoms with van der Waals surface area (Å²) in [7, 11) is 0. The highest BCUT2D eigenvalue weighted by atomic mass is 19.4. The van der Waals surface area contributed by atoms with Crippen LogP contribution in [0.15, 0.2) is 84.0 Å². The predicted molar refractivity (Wildman–Crippen MR) is 114 cm³/mol. The number of alkyl halides is 3. The smallest absolute Gasteiger partial charge is 0.267 e. The molecule has 1 heterocycles. The first-order valence-electron chi connectivity index (χ1n) is 9.48. The molecule has 0 aliphatic rings. The summed E-state index contributed by atoms with van der Waals surface area (Å²) >= 11 is 0. The number of nitrogens with one attached hydrogen (secondary N) is 1.